The van der Waals surface area contributed by atoms with Crippen LogP contribution in [0.5, 0.6) is 0 Å². The molecule has 128 valence electrons. The Morgan fingerprint density at radius 1 is 0.913 bits per heavy atom. The number of hydrogen-bond donors (Lipinski definition) is 0. The minimum Gasteiger partial charge on any atom is -0.216 e. The van der Waals surface area contributed by atoms with Crippen LogP contribution in [0.4, 0.5) is 13.2 Å². The van der Waals surface area contributed by atoms with Crippen molar-refractivity contribution in [3.63, 3.8) is 0 Å². The standard InChI is InChI=1S/C20H27F3/c21-14-6-4-2-1-3-5-7-16-8-10-17(11-9-16)18-12-13-19(22)20(23)15-18/h6,12-17H,1-5,7-11H2/t16-,17-. The molecule has 0 aliphatic heterocycles. The Kier molecular flexibility index (Phi) is 7.70. The van der Waals surface area contributed by atoms with Crippen molar-refractivity contribution in [3.05, 3.63) is 47.8 Å². The molecular weight excluding hydrogens is 297 g/mol. The Labute approximate surface area is 137 Å². The SMILES string of the molecule is FC=CCCCCCC[C@H]1CC[C@H](c2ccc(F)c(F)c2)CC1. The molecule has 1 aliphatic carbocycles. The maximum absolute atomic E-state index is 13.3. The van der Waals surface area contributed by atoms with E-state index in [2.05, 4.69) is 0 Å². The summed E-state index contributed by atoms with van der Waals surface area (Å²) < 4.78 is 38.1. The monoisotopic (exact) mass is 324 g/mol. The zero-order valence-electron chi connectivity index (χ0n) is 13.7. The van der Waals surface area contributed by atoms with Gasteiger partial charge in [-0.25, -0.2) is 13.2 Å². The highest BCUT2D eigenvalue weighted by molar-refractivity contribution is 5.22. The van der Waals surface area contributed by atoms with Gasteiger partial charge in [-0.3, -0.25) is 0 Å². The van der Waals surface area contributed by atoms with Crippen molar-refractivity contribution in [3.8, 4) is 0 Å². The number of benzene rings is 1. The van der Waals surface area contributed by atoms with Gasteiger partial charge in [0.15, 0.2) is 11.6 Å². The predicted molar refractivity (Wildman–Crippen MR) is 89.0 cm³/mol. The second kappa shape index (κ2) is 9.79. The topological polar surface area (TPSA) is 0 Å². The van der Waals surface area contributed by atoms with E-state index in [9.17, 15) is 13.2 Å². The van der Waals surface area contributed by atoms with Gasteiger partial charge in [-0.1, -0.05) is 37.8 Å². The quantitative estimate of drug-likeness (QED) is 0.449. The molecule has 23 heavy (non-hydrogen) atoms. The Morgan fingerprint density at radius 2 is 1.65 bits per heavy atom. The first kappa shape index (κ1) is 18.1. The van der Waals surface area contributed by atoms with Crippen molar-refractivity contribution < 1.29 is 13.2 Å². The maximum Gasteiger partial charge on any atom is 0.159 e. The van der Waals surface area contributed by atoms with E-state index < -0.39 is 11.6 Å². The van der Waals surface area contributed by atoms with Crippen LogP contribution < -0.4 is 0 Å². The van der Waals surface area contributed by atoms with Crippen LogP contribution in [0.2, 0.25) is 0 Å². The average Bonchev–Trinajstić information content (AvgIpc) is 2.57. The Balaban J connectivity index is 1.63. The second-order valence-electron chi connectivity index (χ2n) is 6.74. The highest BCUT2D eigenvalue weighted by Crippen LogP contribution is 2.38. The molecule has 1 fully saturated rings. The van der Waals surface area contributed by atoms with Gasteiger partial charge in [0.05, 0.1) is 6.33 Å². The fourth-order valence-electron chi connectivity index (χ4n) is 3.66. The molecule has 0 spiro atoms. The molecule has 0 unspecified atom stereocenters. The van der Waals surface area contributed by atoms with Crippen molar-refractivity contribution in [2.75, 3.05) is 0 Å². The molecule has 0 bridgehead atoms. The van der Waals surface area contributed by atoms with Gasteiger partial charge in [0.1, 0.15) is 0 Å². The summed E-state index contributed by atoms with van der Waals surface area (Å²) in [5.41, 5.74) is 0.947. The number of allylic oxidation sites excluding steroid dienone is 1. The van der Waals surface area contributed by atoms with Crippen LogP contribution in [0, 0.1) is 17.6 Å². The number of halogens is 3. The van der Waals surface area contributed by atoms with Crippen LogP contribution >= 0.6 is 0 Å². The zero-order chi connectivity index (χ0) is 16.5. The first-order valence-electron chi connectivity index (χ1n) is 8.91. The summed E-state index contributed by atoms with van der Waals surface area (Å²) in [5.74, 6) is -0.326. The van der Waals surface area contributed by atoms with Gasteiger partial charge in [-0.05, 0) is 68.1 Å². The van der Waals surface area contributed by atoms with Gasteiger partial charge < -0.3 is 0 Å². The highest BCUT2D eigenvalue weighted by atomic mass is 19.2. The third kappa shape index (κ3) is 6.04. The fourth-order valence-corrected chi connectivity index (χ4v) is 3.66. The van der Waals surface area contributed by atoms with E-state index in [1.54, 1.807) is 12.1 Å². The van der Waals surface area contributed by atoms with Crippen molar-refractivity contribution in [1.29, 1.82) is 0 Å². The van der Waals surface area contributed by atoms with Crippen molar-refractivity contribution in [1.82, 2.24) is 0 Å². The van der Waals surface area contributed by atoms with Crippen molar-refractivity contribution in [2.24, 2.45) is 5.92 Å². The van der Waals surface area contributed by atoms with Crippen LogP contribution in [0.25, 0.3) is 0 Å². The van der Waals surface area contributed by atoms with E-state index in [1.165, 1.54) is 50.7 Å². The minimum absolute atomic E-state index is 0.383. The second-order valence-corrected chi connectivity index (χ2v) is 6.74. The molecule has 1 aliphatic rings. The first-order valence-corrected chi connectivity index (χ1v) is 8.91. The molecule has 1 saturated carbocycles. The first-order chi connectivity index (χ1) is 11.2. The molecule has 0 heterocycles. The molecule has 1 aromatic rings. The summed E-state index contributed by atoms with van der Waals surface area (Å²) in [6.45, 7) is 0. The summed E-state index contributed by atoms with van der Waals surface area (Å²) in [5, 5.41) is 0. The number of unbranched alkanes of at least 4 members (excludes halogenated alkanes) is 4. The molecule has 0 amide bonds. The van der Waals surface area contributed by atoms with Gasteiger partial charge >= 0.3 is 0 Å². The van der Waals surface area contributed by atoms with Gasteiger partial charge in [-0.2, -0.15) is 0 Å². The lowest BCUT2D eigenvalue weighted by Crippen LogP contribution is -2.13. The van der Waals surface area contributed by atoms with Gasteiger partial charge in [0.2, 0.25) is 0 Å². The number of hydrogen-bond acceptors (Lipinski definition) is 0. The van der Waals surface area contributed by atoms with E-state index in [1.807, 2.05) is 0 Å². The molecule has 0 N–H and O–H groups in total. The van der Waals surface area contributed by atoms with Crippen LogP contribution in [0.15, 0.2) is 30.6 Å². The summed E-state index contributed by atoms with van der Waals surface area (Å²) in [4.78, 5) is 0. The molecule has 2 rings (SSSR count). The van der Waals surface area contributed by atoms with E-state index >= 15 is 0 Å². The minimum atomic E-state index is -0.760. The van der Waals surface area contributed by atoms with Crippen LogP contribution in [0.1, 0.15) is 75.7 Å². The lowest BCUT2D eigenvalue weighted by molar-refractivity contribution is 0.301. The smallest absolute Gasteiger partial charge is 0.159 e. The molecule has 1 aromatic carbocycles. The third-order valence-electron chi connectivity index (χ3n) is 5.08. The fraction of sp³-hybridized carbons (Fsp3) is 0.600. The van der Waals surface area contributed by atoms with Crippen molar-refractivity contribution >= 4 is 0 Å². The molecule has 0 atom stereocenters. The molecule has 0 aromatic heterocycles. The summed E-state index contributed by atoms with van der Waals surface area (Å²) in [6.07, 6.45) is 13.6. The Morgan fingerprint density at radius 3 is 2.35 bits per heavy atom. The normalized spacial score (nSPS) is 21.9. The average molecular weight is 324 g/mol. The maximum atomic E-state index is 13.3. The van der Waals surface area contributed by atoms with Crippen LogP contribution in [-0.2, 0) is 0 Å². The summed E-state index contributed by atoms with van der Waals surface area (Å²) in [7, 11) is 0. The van der Waals surface area contributed by atoms with E-state index in [4.69, 9.17) is 0 Å². The summed E-state index contributed by atoms with van der Waals surface area (Å²) in [6, 6.07) is 4.34. The van der Waals surface area contributed by atoms with E-state index in [-0.39, 0.29) is 0 Å². The predicted octanol–water partition coefficient (Wildman–Crippen LogP) is 7.06. The molecular formula is C20H27F3. The summed E-state index contributed by atoms with van der Waals surface area (Å²) >= 11 is 0. The highest BCUT2D eigenvalue weighted by Gasteiger charge is 2.22. The van der Waals surface area contributed by atoms with E-state index in [0.29, 0.717) is 12.2 Å². The largest absolute Gasteiger partial charge is 0.216 e. The molecule has 0 radical (unpaired) electrons. The Hall–Kier alpha value is -1.25. The van der Waals surface area contributed by atoms with Crippen LogP contribution in [0.3, 0.4) is 0 Å². The lowest BCUT2D eigenvalue weighted by atomic mass is 9.77. The van der Waals surface area contributed by atoms with Crippen LogP contribution in [-0.4, -0.2) is 0 Å². The van der Waals surface area contributed by atoms with Gasteiger partial charge in [0.25, 0.3) is 0 Å². The molecule has 0 nitrogen and oxygen atoms in total. The van der Waals surface area contributed by atoms with Gasteiger partial charge in [-0.15, -0.1) is 0 Å². The Bertz CT molecular complexity index is 488. The number of rotatable bonds is 8. The van der Waals surface area contributed by atoms with Gasteiger partial charge in [0, 0.05) is 0 Å². The van der Waals surface area contributed by atoms with Crippen molar-refractivity contribution in [2.45, 2.75) is 70.1 Å². The molecule has 3 heteroatoms. The third-order valence-corrected chi connectivity index (χ3v) is 5.08. The zero-order valence-corrected chi connectivity index (χ0v) is 13.7. The van der Waals surface area contributed by atoms with E-state index in [0.717, 1.165) is 37.2 Å². The molecule has 0 saturated heterocycles. The lowest BCUT2D eigenvalue weighted by Gasteiger charge is -2.29.